The summed E-state index contributed by atoms with van der Waals surface area (Å²) in [6, 6.07) is 2.98. The van der Waals surface area contributed by atoms with Gasteiger partial charge in [-0.05, 0) is 38.8 Å². The number of rotatable bonds is 3. The highest BCUT2D eigenvalue weighted by molar-refractivity contribution is 5.67. The molecule has 1 aliphatic rings. The standard InChI is InChI=1S/C15H19F3N6O2/c1-9(2)26-14(25)23-7-5-10(6-8-23)19-11-3-4-12-20-21-13(15(16,17)18)24(12)22-11/h3-4,9-10H,5-8H2,1-2H3,(H,19,22). The molecule has 2 aromatic rings. The van der Waals surface area contributed by atoms with Gasteiger partial charge >= 0.3 is 12.3 Å². The quantitative estimate of drug-likeness (QED) is 0.891. The molecular weight excluding hydrogens is 353 g/mol. The van der Waals surface area contributed by atoms with E-state index in [9.17, 15) is 18.0 Å². The number of alkyl halides is 3. The number of nitrogens with zero attached hydrogens (tertiary/aromatic N) is 5. The second kappa shape index (κ2) is 6.96. The number of halogens is 3. The van der Waals surface area contributed by atoms with Gasteiger partial charge < -0.3 is 15.0 Å². The summed E-state index contributed by atoms with van der Waals surface area (Å²) in [6.45, 7) is 4.58. The van der Waals surface area contributed by atoms with Gasteiger partial charge in [-0.15, -0.1) is 15.3 Å². The number of anilines is 1. The van der Waals surface area contributed by atoms with Crippen molar-refractivity contribution in [2.75, 3.05) is 18.4 Å². The second-order valence-electron chi connectivity index (χ2n) is 6.35. The molecule has 0 unspecified atom stereocenters. The highest BCUT2D eigenvalue weighted by Gasteiger charge is 2.37. The van der Waals surface area contributed by atoms with E-state index in [1.54, 1.807) is 24.8 Å². The van der Waals surface area contributed by atoms with Crippen molar-refractivity contribution in [3.63, 3.8) is 0 Å². The molecule has 3 heterocycles. The zero-order chi connectivity index (χ0) is 18.9. The van der Waals surface area contributed by atoms with Crippen LogP contribution < -0.4 is 5.32 Å². The maximum absolute atomic E-state index is 12.9. The summed E-state index contributed by atoms with van der Waals surface area (Å²) in [5.41, 5.74) is 0.0223. The number of ether oxygens (including phenoxy) is 1. The van der Waals surface area contributed by atoms with Gasteiger partial charge in [-0.2, -0.15) is 17.7 Å². The van der Waals surface area contributed by atoms with E-state index >= 15 is 0 Å². The molecule has 2 aromatic heterocycles. The molecule has 1 aliphatic heterocycles. The summed E-state index contributed by atoms with van der Waals surface area (Å²) in [4.78, 5) is 13.5. The third-order valence-electron chi connectivity index (χ3n) is 3.96. The zero-order valence-corrected chi connectivity index (χ0v) is 14.3. The third kappa shape index (κ3) is 3.97. The van der Waals surface area contributed by atoms with Gasteiger partial charge in [0.25, 0.3) is 5.82 Å². The number of piperidine rings is 1. The fourth-order valence-electron chi connectivity index (χ4n) is 2.73. The van der Waals surface area contributed by atoms with E-state index in [-0.39, 0.29) is 23.9 Å². The summed E-state index contributed by atoms with van der Waals surface area (Å²) in [5.74, 6) is -0.867. The molecule has 142 valence electrons. The Hall–Kier alpha value is -2.59. The smallest absolute Gasteiger partial charge is 0.447 e. The molecule has 0 aliphatic carbocycles. The fourth-order valence-corrected chi connectivity index (χ4v) is 2.73. The Morgan fingerprint density at radius 2 is 1.96 bits per heavy atom. The van der Waals surface area contributed by atoms with Gasteiger partial charge in [0, 0.05) is 19.1 Å². The molecule has 1 saturated heterocycles. The van der Waals surface area contributed by atoms with Crippen LogP contribution in [-0.4, -0.2) is 56.0 Å². The molecule has 0 spiro atoms. The average Bonchev–Trinajstić information content (AvgIpc) is 2.98. The van der Waals surface area contributed by atoms with Crippen molar-refractivity contribution in [1.82, 2.24) is 24.7 Å². The molecule has 3 rings (SSSR count). The Morgan fingerprint density at radius 1 is 1.27 bits per heavy atom. The lowest BCUT2D eigenvalue weighted by Crippen LogP contribution is -2.43. The average molecular weight is 372 g/mol. The summed E-state index contributed by atoms with van der Waals surface area (Å²) in [5, 5.41) is 13.7. The van der Waals surface area contributed by atoms with Gasteiger partial charge in [0.1, 0.15) is 5.82 Å². The molecule has 8 nitrogen and oxygen atoms in total. The van der Waals surface area contributed by atoms with Crippen LogP contribution in [0.3, 0.4) is 0 Å². The fraction of sp³-hybridized carbons (Fsp3) is 0.600. The van der Waals surface area contributed by atoms with E-state index in [0.29, 0.717) is 36.3 Å². The topological polar surface area (TPSA) is 84.6 Å². The van der Waals surface area contributed by atoms with Crippen LogP contribution >= 0.6 is 0 Å². The SMILES string of the molecule is CC(C)OC(=O)N1CCC(Nc2ccc3nnc(C(F)(F)F)n3n2)CC1. The highest BCUT2D eigenvalue weighted by Crippen LogP contribution is 2.27. The lowest BCUT2D eigenvalue weighted by molar-refractivity contribution is -0.146. The van der Waals surface area contributed by atoms with Crippen molar-refractivity contribution >= 4 is 17.6 Å². The van der Waals surface area contributed by atoms with E-state index in [0.717, 1.165) is 0 Å². The van der Waals surface area contributed by atoms with Crippen LogP contribution in [0, 0.1) is 0 Å². The molecule has 0 saturated carbocycles. The van der Waals surface area contributed by atoms with E-state index in [2.05, 4.69) is 20.6 Å². The monoisotopic (exact) mass is 372 g/mol. The van der Waals surface area contributed by atoms with Gasteiger partial charge in [0.05, 0.1) is 6.10 Å². The Bertz CT molecular complexity index is 783. The van der Waals surface area contributed by atoms with Gasteiger partial charge in [-0.1, -0.05) is 0 Å². The summed E-state index contributed by atoms with van der Waals surface area (Å²) in [7, 11) is 0. The lowest BCUT2D eigenvalue weighted by atomic mass is 10.1. The molecule has 1 amide bonds. The number of carbonyl (C=O) groups is 1. The van der Waals surface area contributed by atoms with E-state index in [1.807, 2.05) is 0 Å². The highest BCUT2D eigenvalue weighted by atomic mass is 19.4. The van der Waals surface area contributed by atoms with Crippen LogP contribution in [0.25, 0.3) is 5.65 Å². The second-order valence-corrected chi connectivity index (χ2v) is 6.35. The lowest BCUT2D eigenvalue weighted by Gasteiger charge is -2.32. The van der Waals surface area contributed by atoms with Crippen LogP contribution in [0.1, 0.15) is 32.5 Å². The first kappa shape index (κ1) is 18.2. The molecule has 0 atom stereocenters. The normalized spacial score (nSPS) is 16.3. The number of hydrogen-bond donors (Lipinski definition) is 1. The molecule has 1 fully saturated rings. The summed E-state index contributed by atoms with van der Waals surface area (Å²) >= 11 is 0. The van der Waals surface area contributed by atoms with Gasteiger partial charge in [0.2, 0.25) is 0 Å². The summed E-state index contributed by atoms with van der Waals surface area (Å²) in [6.07, 6.45) is -3.88. The van der Waals surface area contributed by atoms with Crippen molar-refractivity contribution in [2.45, 2.75) is 45.0 Å². The van der Waals surface area contributed by atoms with Crippen LogP contribution in [0.2, 0.25) is 0 Å². The number of fused-ring (bicyclic) bond motifs is 1. The maximum Gasteiger partial charge on any atom is 0.453 e. The molecule has 0 radical (unpaired) electrons. The maximum atomic E-state index is 12.9. The predicted octanol–water partition coefficient (Wildman–Crippen LogP) is 2.56. The van der Waals surface area contributed by atoms with Gasteiger partial charge in [-0.25, -0.2) is 4.79 Å². The van der Waals surface area contributed by atoms with Crippen molar-refractivity contribution in [2.24, 2.45) is 0 Å². The summed E-state index contributed by atoms with van der Waals surface area (Å²) < 4.78 is 44.6. The predicted molar refractivity (Wildman–Crippen MR) is 85.6 cm³/mol. The van der Waals surface area contributed by atoms with E-state index < -0.39 is 12.0 Å². The van der Waals surface area contributed by atoms with Gasteiger partial charge in [0.15, 0.2) is 5.65 Å². The number of amides is 1. The van der Waals surface area contributed by atoms with Crippen LogP contribution in [0.5, 0.6) is 0 Å². The molecule has 0 aromatic carbocycles. The number of carbonyl (C=O) groups excluding carboxylic acids is 1. The van der Waals surface area contributed by atoms with E-state index in [1.165, 1.54) is 6.07 Å². The number of nitrogens with one attached hydrogen (secondary N) is 1. The molecule has 26 heavy (non-hydrogen) atoms. The van der Waals surface area contributed by atoms with Gasteiger partial charge in [-0.3, -0.25) is 0 Å². The Kier molecular flexibility index (Phi) is 4.88. The molecule has 11 heteroatoms. The number of aromatic nitrogens is 4. The Balaban J connectivity index is 1.64. The van der Waals surface area contributed by atoms with Crippen molar-refractivity contribution in [3.05, 3.63) is 18.0 Å². The largest absolute Gasteiger partial charge is 0.453 e. The third-order valence-corrected chi connectivity index (χ3v) is 3.96. The molecular formula is C15H19F3N6O2. The number of hydrogen-bond acceptors (Lipinski definition) is 6. The van der Waals surface area contributed by atoms with Crippen molar-refractivity contribution < 1.29 is 22.7 Å². The molecule has 1 N–H and O–H groups in total. The Labute approximate surface area is 147 Å². The van der Waals surface area contributed by atoms with E-state index in [4.69, 9.17) is 4.74 Å². The van der Waals surface area contributed by atoms with Crippen LogP contribution in [0.15, 0.2) is 12.1 Å². The van der Waals surface area contributed by atoms with Crippen LogP contribution in [0.4, 0.5) is 23.8 Å². The van der Waals surface area contributed by atoms with Crippen molar-refractivity contribution in [1.29, 1.82) is 0 Å². The first-order valence-electron chi connectivity index (χ1n) is 8.26. The van der Waals surface area contributed by atoms with Crippen molar-refractivity contribution in [3.8, 4) is 0 Å². The first-order chi connectivity index (χ1) is 12.2. The number of likely N-dealkylation sites (tertiary alicyclic amines) is 1. The Morgan fingerprint density at radius 3 is 2.58 bits per heavy atom. The minimum Gasteiger partial charge on any atom is -0.447 e. The van der Waals surface area contributed by atoms with Crippen LogP contribution in [-0.2, 0) is 10.9 Å². The first-order valence-corrected chi connectivity index (χ1v) is 8.26. The zero-order valence-electron chi connectivity index (χ0n) is 14.3. The molecule has 0 bridgehead atoms. The minimum absolute atomic E-state index is 0.00568. The minimum atomic E-state index is -4.63.